The summed E-state index contributed by atoms with van der Waals surface area (Å²) in [6.07, 6.45) is 0. The summed E-state index contributed by atoms with van der Waals surface area (Å²) in [6.45, 7) is 1.25. The van der Waals surface area contributed by atoms with Gasteiger partial charge in [0.15, 0.2) is 6.61 Å². The summed E-state index contributed by atoms with van der Waals surface area (Å²) < 4.78 is 17.0. The molecule has 35 heavy (non-hydrogen) atoms. The normalized spacial score (nSPS) is 10.6. The van der Waals surface area contributed by atoms with Crippen LogP contribution in [-0.2, 0) is 9.53 Å². The molecule has 1 amide bonds. The van der Waals surface area contributed by atoms with Gasteiger partial charge in [-0.1, -0.05) is 12.1 Å². The van der Waals surface area contributed by atoms with E-state index in [1.54, 1.807) is 55.5 Å². The molecule has 178 valence electrons. The van der Waals surface area contributed by atoms with Gasteiger partial charge >= 0.3 is 5.97 Å². The Labute approximate surface area is 200 Å². The van der Waals surface area contributed by atoms with Crippen molar-refractivity contribution >= 4 is 28.5 Å². The first kappa shape index (κ1) is 23.5. The van der Waals surface area contributed by atoms with Gasteiger partial charge in [-0.15, -0.1) is 0 Å². The van der Waals surface area contributed by atoms with Crippen molar-refractivity contribution < 1.29 is 23.8 Å². The second-order valence-corrected chi connectivity index (χ2v) is 7.55. The van der Waals surface area contributed by atoms with Crippen LogP contribution in [0.3, 0.4) is 0 Å². The molecular weight excluding hydrogens is 450 g/mol. The van der Waals surface area contributed by atoms with Crippen LogP contribution in [0, 0.1) is 6.92 Å². The highest BCUT2D eigenvalue weighted by molar-refractivity contribution is 5.96. The Bertz CT molecular complexity index is 1460. The third-order valence-electron chi connectivity index (χ3n) is 5.32. The lowest BCUT2D eigenvalue weighted by molar-refractivity contribution is -0.119. The number of fused-ring (bicyclic) bond motifs is 1. The molecule has 4 rings (SSSR count). The summed E-state index contributed by atoms with van der Waals surface area (Å²) >= 11 is 0. The SMILES string of the molecule is COc1ccc(OC)c(NC(=O)COC(=O)c2ccc(-n3c(C)nc4ccccc4c3=O)cc2)c1. The minimum atomic E-state index is -0.676. The first-order chi connectivity index (χ1) is 16.9. The zero-order valence-corrected chi connectivity index (χ0v) is 19.4. The van der Waals surface area contributed by atoms with Gasteiger partial charge in [-0.3, -0.25) is 14.2 Å². The number of hydrogen-bond donors (Lipinski definition) is 1. The van der Waals surface area contributed by atoms with Crippen LogP contribution in [0.25, 0.3) is 16.6 Å². The summed E-state index contributed by atoms with van der Waals surface area (Å²) in [7, 11) is 2.99. The van der Waals surface area contributed by atoms with Crippen molar-refractivity contribution in [3.63, 3.8) is 0 Å². The molecule has 0 fully saturated rings. The predicted octanol–water partition coefficient (Wildman–Crippen LogP) is 3.51. The van der Waals surface area contributed by atoms with Gasteiger partial charge in [0.1, 0.15) is 17.3 Å². The second kappa shape index (κ2) is 10.1. The summed E-state index contributed by atoms with van der Waals surface area (Å²) in [4.78, 5) is 42.2. The molecule has 1 N–H and O–H groups in total. The number of para-hydroxylation sites is 1. The number of methoxy groups -OCH3 is 2. The molecule has 0 radical (unpaired) electrons. The number of hydrogen-bond acceptors (Lipinski definition) is 7. The first-order valence-corrected chi connectivity index (χ1v) is 10.7. The lowest BCUT2D eigenvalue weighted by Crippen LogP contribution is -2.22. The van der Waals surface area contributed by atoms with Gasteiger partial charge in [0, 0.05) is 6.07 Å². The van der Waals surface area contributed by atoms with Crippen molar-refractivity contribution in [2.24, 2.45) is 0 Å². The lowest BCUT2D eigenvalue weighted by Gasteiger charge is -2.12. The number of aryl methyl sites for hydroxylation is 1. The van der Waals surface area contributed by atoms with Crippen LogP contribution in [0.5, 0.6) is 11.5 Å². The fourth-order valence-corrected chi connectivity index (χ4v) is 3.61. The van der Waals surface area contributed by atoms with Gasteiger partial charge in [-0.05, 0) is 55.5 Å². The number of amides is 1. The number of nitrogens with zero attached hydrogens (tertiary/aromatic N) is 2. The van der Waals surface area contributed by atoms with E-state index in [2.05, 4.69) is 10.3 Å². The smallest absolute Gasteiger partial charge is 0.338 e. The van der Waals surface area contributed by atoms with E-state index in [9.17, 15) is 14.4 Å². The molecule has 9 heteroatoms. The maximum Gasteiger partial charge on any atom is 0.338 e. The second-order valence-electron chi connectivity index (χ2n) is 7.55. The largest absolute Gasteiger partial charge is 0.497 e. The van der Waals surface area contributed by atoms with Crippen LogP contribution >= 0.6 is 0 Å². The lowest BCUT2D eigenvalue weighted by atomic mass is 10.2. The Kier molecular flexibility index (Phi) is 6.77. The van der Waals surface area contributed by atoms with E-state index in [0.29, 0.717) is 39.6 Å². The van der Waals surface area contributed by atoms with Crippen LogP contribution in [0.4, 0.5) is 5.69 Å². The van der Waals surface area contributed by atoms with Crippen LogP contribution in [0.15, 0.2) is 71.5 Å². The average molecular weight is 473 g/mol. The van der Waals surface area contributed by atoms with Crippen LogP contribution in [0.1, 0.15) is 16.2 Å². The zero-order chi connectivity index (χ0) is 24.9. The van der Waals surface area contributed by atoms with E-state index in [4.69, 9.17) is 14.2 Å². The van der Waals surface area contributed by atoms with Crippen LogP contribution in [0.2, 0.25) is 0 Å². The predicted molar refractivity (Wildman–Crippen MR) is 131 cm³/mol. The average Bonchev–Trinajstić information content (AvgIpc) is 2.87. The topological polar surface area (TPSA) is 109 Å². The minimum absolute atomic E-state index is 0.201. The van der Waals surface area contributed by atoms with Gasteiger partial charge in [-0.2, -0.15) is 0 Å². The van der Waals surface area contributed by atoms with Crippen molar-refractivity contribution in [2.45, 2.75) is 6.92 Å². The Hall–Kier alpha value is -4.66. The van der Waals surface area contributed by atoms with Gasteiger partial charge < -0.3 is 19.5 Å². The number of nitrogens with one attached hydrogen (secondary N) is 1. The number of anilines is 1. The van der Waals surface area contributed by atoms with Crippen LogP contribution < -0.4 is 20.3 Å². The fourth-order valence-electron chi connectivity index (χ4n) is 3.61. The molecule has 0 spiro atoms. The number of esters is 1. The van der Waals surface area contributed by atoms with Crippen molar-refractivity contribution in [3.8, 4) is 17.2 Å². The van der Waals surface area contributed by atoms with Crippen molar-refractivity contribution in [3.05, 3.63) is 88.5 Å². The number of rotatable bonds is 7. The Balaban J connectivity index is 1.44. The molecule has 0 saturated carbocycles. The Morgan fingerprint density at radius 1 is 0.971 bits per heavy atom. The molecular formula is C26H23N3O6. The van der Waals surface area contributed by atoms with Crippen LogP contribution in [-0.4, -0.2) is 42.3 Å². The highest BCUT2D eigenvalue weighted by Gasteiger charge is 2.14. The molecule has 0 bridgehead atoms. The molecule has 0 atom stereocenters. The summed E-state index contributed by atoms with van der Waals surface area (Å²) in [5.74, 6) is 0.286. The van der Waals surface area contributed by atoms with Gasteiger partial charge in [0.2, 0.25) is 0 Å². The number of carbonyl (C=O) groups excluding carboxylic acids is 2. The van der Waals surface area contributed by atoms with Crippen molar-refractivity contribution in [1.29, 1.82) is 0 Å². The first-order valence-electron chi connectivity index (χ1n) is 10.7. The zero-order valence-electron chi connectivity index (χ0n) is 19.4. The molecule has 4 aromatic rings. The van der Waals surface area contributed by atoms with E-state index in [0.717, 1.165) is 0 Å². The third-order valence-corrected chi connectivity index (χ3v) is 5.32. The molecule has 0 unspecified atom stereocenters. The molecule has 0 aliphatic carbocycles. The monoisotopic (exact) mass is 473 g/mol. The maximum atomic E-state index is 13.0. The summed E-state index contributed by atoms with van der Waals surface area (Å²) in [5.41, 5.74) is 1.61. The number of ether oxygens (including phenoxy) is 3. The molecule has 1 aromatic heterocycles. The van der Waals surface area contributed by atoms with E-state index in [1.165, 1.54) is 30.9 Å². The number of aromatic nitrogens is 2. The molecule has 0 saturated heterocycles. The van der Waals surface area contributed by atoms with E-state index in [1.807, 2.05) is 6.07 Å². The summed E-state index contributed by atoms with van der Waals surface area (Å²) in [6, 6.07) is 18.4. The number of carbonyl (C=O) groups is 2. The standard InChI is InChI=1S/C26H23N3O6/c1-16-27-21-7-5-4-6-20(21)25(31)29(16)18-10-8-17(9-11-18)26(32)35-15-24(30)28-22-14-19(33-2)12-13-23(22)34-3/h4-14H,15H2,1-3H3,(H,28,30). The maximum absolute atomic E-state index is 13.0. The molecule has 9 nitrogen and oxygen atoms in total. The van der Waals surface area contributed by atoms with Gasteiger partial charge in [-0.25, -0.2) is 9.78 Å². The van der Waals surface area contributed by atoms with E-state index >= 15 is 0 Å². The Morgan fingerprint density at radius 2 is 1.71 bits per heavy atom. The summed E-state index contributed by atoms with van der Waals surface area (Å²) in [5, 5.41) is 3.13. The van der Waals surface area contributed by atoms with Gasteiger partial charge in [0.25, 0.3) is 11.5 Å². The third kappa shape index (κ3) is 4.98. The van der Waals surface area contributed by atoms with Crippen molar-refractivity contribution in [1.82, 2.24) is 9.55 Å². The molecule has 3 aromatic carbocycles. The van der Waals surface area contributed by atoms with E-state index in [-0.39, 0.29) is 11.1 Å². The fraction of sp³-hybridized carbons (Fsp3) is 0.154. The highest BCUT2D eigenvalue weighted by atomic mass is 16.5. The van der Waals surface area contributed by atoms with Gasteiger partial charge in [0.05, 0.1) is 42.1 Å². The quantitative estimate of drug-likeness (QED) is 0.409. The Morgan fingerprint density at radius 3 is 2.43 bits per heavy atom. The minimum Gasteiger partial charge on any atom is -0.497 e. The number of benzene rings is 3. The van der Waals surface area contributed by atoms with Crippen molar-refractivity contribution in [2.75, 3.05) is 26.1 Å². The highest BCUT2D eigenvalue weighted by Crippen LogP contribution is 2.28. The molecule has 0 aliphatic heterocycles. The molecule has 1 heterocycles. The van der Waals surface area contributed by atoms with E-state index < -0.39 is 18.5 Å². The molecule has 0 aliphatic rings.